The van der Waals surface area contributed by atoms with Gasteiger partial charge in [-0.05, 0) is 18.2 Å². The minimum absolute atomic E-state index is 0.0124. The first kappa shape index (κ1) is 12.1. The van der Waals surface area contributed by atoms with Crippen molar-refractivity contribution in [3.8, 4) is 0 Å². The van der Waals surface area contributed by atoms with Gasteiger partial charge in [0.1, 0.15) is 17.4 Å². The molecule has 1 aromatic heterocycles. The molecule has 0 aliphatic heterocycles. The topological polar surface area (TPSA) is 68.3 Å². The molecule has 6 heteroatoms. The molecule has 0 aliphatic carbocycles. The summed E-state index contributed by atoms with van der Waals surface area (Å²) in [6.07, 6.45) is 1.48. The highest BCUT2D eigenvalue weighted by molar-refractivity contribution is 5.94. The number of halogens is 2. The average Bonchev–Trinajstić information content (AvgIpc) is 2.80. The molecule has 0 unspecified atom stereocenters. The zero-order valence-corrected chi connectivity index (χ0v) is 9.24. The van der Waals surface area contributed by atoms with Gasteiger partial charge in [0.2, 0.25) is 0 Å². The zero-order valence-electron chi connectivity index (χ0n) is 9.24. The Hall–Kier alpha value is -2.37. The highest BCUT2D eigenvalue weighted by atomic mass is 19.1. The zero-order chi connectivity index (χ0) is 13.1. The monoisotopic (exact) mass is 252 g/mol. The molecule has 0 atom stereocenters. The number of nitrogens with two attached hydrogens (primary N) is 1. The van der Waals surface area contributed by atoms with Gasteiger partial charge in [-0.3, -0.25) is 4.79 Å². The summed E-state index contributed by atoms with van der Waals surface area (Å²) in [5.41, 5.74) is 4.60. The first-order valence-corrected chi connectivity index (χ1v) is 5.13. The van der Waals surface area contributed by atoms with E-state index in [9.17, 15) is 13.6 Å². The summed E-state index contributed by atoms with van der Waals surface area (Å²) < 4.78 is 31.7. The second-order valence-electron chi connectivity index (χ2n) is 3.61. The maximum atomic E-state index is 13.4. The highest BCUT2D eigenvalue weighted by Gasteiger charge is 2.13. The van der Waals surface area contributed by atoms with Gasteiger partial charge in [-0.2, -0.15) is 0 Å². The lowest BCUT2D eigenvalue weighted by molar-refractivity contribution is 0.0996. The van der Waals surface area contributed by atoms with Crippen LogP contribution in [0.4, 0.5) is 14.5 Å². The van der Waals surface area contributed by atoms with E-state index in [0.717, 1.165) is 6.07 Å². The van der Waals surface area contributed by atoms with Crippen LogP contribution in [0.25, 0.3) is 0 Å². The van der Waals surface area contributed by atoms with Crippen LogP contribution in [0.3, 0.4) is 0 Å². The number of rotatable bonds is 4. The molecule has 1 heterocycles. The Morgan fingerprint density at radius 2 is 2.11 bits per heavy atom. The van der Waals surface area contributed by atoms with E-state index < -0.39 is 17.5 Å². The number of carbonyl (C=O) groups is 1. The Balaban J connectivity index is 2.22. The number of furan rings is 1. The van der Waals surface area contributed by atoms with Gasteiger partial charge >= 0.3 is 0 Å². The first-order chi connectivity index (χ1) is 8.58. The molecule has 0 saturated heterocycles. The summed E-state index contributed by atoms with van der Waals surface area (Å²) in [4.78, 5) is 10.9. The number of benzene rings is 1. The van der Waals surface area contributed by atoms with Crippen molar-refractivity contribution < 1.29 is 18.0 Å². The van der Waals surface area contributed by atoms with Gasteiger partial charge in [-0.1, -0.05) is 0 Å². The van der Waals surface area contributed by atoms with Gasteiger partial charge in [0.25, 0.3) is 5.91 Å². The number of hydrogen-bond acceptors (Lipinski definition) is 3. The van der Waals surface area contributed by atoms with Crippen molar-refractivity contribution in [1.29, 1.82) is 0 Å². The first-order valence-electron chi connectivity index (χ1n) is 5.13. The van der Waals surface area contributed by atoms with Crippen LogP contribution < -0.4 is 11.1 Å². The summed E-state index contributed by atoms with van der Waals surface area (Å²) in [5, 5.41) is 2.69. The Morgan fingerprint density at radius 1 is 1.33 bits per heavy atom. The molecule has 1 aromatic carbocycles. The van der Waals surface area contributed by atoms with Gasteiger partial charge in [0.05, 0.1) is 24.1 Å². The second-order valence-corrected chi connectivity index (χ2v) is 3.61. The van der Waals surface area contributed by atoms with Crippen molar-refractivity contribution in [3.05, 3.63) is 53.5 Å². The third kappa shape index (κ3) is 2.48. The average molecular weight is 252 g/mol. The number of primary amides is 1. The van der Waals surface area contributed by atoms with Crippen LogP contribution in [0.1, 0.15) is 16.1 Å². The summed E-state index contributed by atoms with van der Waals surface area (Å²) in [6.45, 7) is 0.216. The maximum Gasteiger partial charge on any atom is 0.251 e. The van der Waals surface area contributed by atoms with E-state index in [0.29, 0.717) is 11.8 Å². The van der Waals surface area contributed by atoms with E-state index in [-0.39, 0.29) is 17.8 Å². The van der Waals surface area contributed by atoms with E-state index in [1.54, 1.807) is 12.1 Å². The van der Waals surface area contributed by atoms with Crippen LogP contribution in [0.5, 0.6) is 0 Å². The number of hydrogen-bond donors (Lipinski definition) is 2. The molecule has 0 aliphatic rings. The van der Waals surface area contributed by atoms with E-state index in [2.05, 4.69) is 5.32 Å². The van der Waals surface area contributed by atoms with Crippen molar-refractivity contribution in [2.24, 2.45) is 5.73 Å². The largest absolute Gasteiger partial charge is 0.467 e. The quantitative estimate of drug-likeness (QED) is 0.877. The molecule has 0 fully saturated rings. The van der Waals surface area contributed by atoms with Crippen LogP contribution in [-0.4, -0.2) is 5.91 Å². The summed E-state index contributed by atoms with van der Waals surface area (Å²) in [6, 6.07) is 5.04. The summed E-state index contributed by atoms with van der Waals surface area (Å²) in [5.74, 6) is -2.15. The van der Waals surface area contributed by atoms with E-state index in [1.165, 1.54) is 6.26 Å². The smallest absolute Gasteiger partial charge is 0.251 e. The van der Waals surface area contributed by atoms with E-state index >= 15 is 0 Å². The Bertz CT molecular complexity index is 568. The number of nitrogens with one attached hydrogen (secondary N) is 1. The third-order valence-electron chi connectivity index (χ3n) is 2.36. The van der Waals surface area contributed by atoms with E-state index in [1.807, 2.05) is 0 Å². The van der Waals surface area contributed by atoms with Crippen molar-refractivity contribution in [3.63, 3.8) is 0 Å². The molecule has 2 rings (SSSR count). The predicted octanol–water partition coefficient (Wildman–Crippen LogP) is 2.27. The Labute approximate surface area is 101 Å². The Morgan fingerprint density at radius 3 is 2.72 bits per heavy atom. The minimum Gasteiger partial charge on any atom is -0.467 e. The number of anilines is 1. The standard InChI is InChI=1S/C12H10F2N2O2/c13-9-5-10(14)11(4-8(9)12(15)17)16-6-7-2-1-3-18-7/h1-5,16H,6H2,(H2,15,17). The molecule has 0 bridgehead atoms. The lowest BCUT2D eigenvalue weighted by Crippen LogP contribution is -2.14. The molecule has 0 spiro atoms. The van der Waals surface area contributed by atoms with Crippen LogP contribution in [0.15, 0.2) is 34.9 Å². The van der Waals surface area contributed by atoms with E-state index in [4.69, 9.17) is 10.2 Å². The van der Waals surface area contributed by atoms with Crippen LogP contribution in [0, 0.1) is 11.6 Å². The van der Waals surface area contributed by atoms with Gasteiger partial charge in [-0.15, -0.1) is 0 Å². The van der Waals surface area contributed by atoms with Gasteiger partial charge in [0, 0.05) is 6.07 Å². The molecule has 2 aromatic rings. The molecule has 94 valence electrons. The minimum atomic E-state index is -0.983. The summed E-state index contributed by atoms with van der Waals surface area (Å²) >= 11 is 0. The number of amides is 1. The fourth-order valence-corrected chi connectivity index (χ4v) is 1.47. The van der Waals surface area contributed by atoms with Gasteiger partial charge < -0.3 is 15.5 Å². The molecule has 3 N–H and O–H groups in total. The van der Waals surface area contributed by atoms with Crippen molar-refractivity contribution >= 4 is 11.6 Å². The molecular weight excluding hydrogens is 242 g/mol. The van der Waals surface area contributed by atoms with Gasteiger partial charge in [-0.25, -0.2) is 8.78 Å². The van der Waals surface area contributed by atoms with Crippen LogP contribution in [-0.2, 0) is 6.54 Å². The molecular formula is C12H10F2N2O2. The fourth-order valence-electron chi connectivity index (χ4n) is 1.47. The molecule has 18 heavy (non-hydrogen) atoms. The second kappa shape index (κ2) is 4.87. The molecule has 1 amide bonds. The van der Waals surface area contributed by atoms with Crippen molar-refractivity contribution in [2.75, 3.05) is 5.32 Å². The summed E-state index contributed by atoms with van der Waals surface area (Å²) in [7, 11) is 0. The molecule has 4 nitrogen and oxygen atoms in total. The normalized spacial score (nSPS) is 10.3. The molecule has 0 saturated carbocycles. The van der Waals surface area contributed by atoms with Gasteiger partial charge in [0.15, 0.2) is 0 Å². The third-order valence-corrected chi connectivity index (χ3v) is 2.36. The lowest BCUT2D eigenvalue weighted by Gasteiger charge is -2.08. The Kier molecular flexibility index (Phi) is 3.27. The number of carbonyl (C=O) groups excluding carboxylic acids is 1. The predicted molar refractivity (Wildman–Crippen MR) is 60.9 cm³/mol. The fraction of sp³-hybridized carbons (Fsp3) is 0.0833. The van der Waals surface area contributed by atoms with Crippen LogP contribution >= 0.6 is 0 Å². The highest BCUT2D eigenvalue weighted by Crippen LogP contribution is 2.20. The van der Waals surface area contributed by atoms with Crippen LogP contribution in [0.2, 0.25) is 0 Å². The lowest BCUT2D eigenvalue weighted by atomic mass is 10.1. The SMILES string of the molecule is NC(=O)c1cc(NCc2ccco2)c(F)cc1F. The molecule has 0 radical (unpaired) electrons. The van der Waals surface area contributed by atoms with Crippen molar-refractivity contribution in [1.82, 2.24) is 0 Å². The van der Waals surface area contributed by atoms with Crippen molar-refractivity contribution in [2.45, 2.75) is 6.54 Å². The maximum absolute atomic E-state index is 13.4.